The van der Waals surface area contributed by atoms with Gasteiger partial charge in [0.15, 0.2) is 0 Å². The van der Waals surface area contributed by atoms with Crippen LogP contribution in [0.5, 0.6) is 0 Å². The van der Waals surface area contributed by atoms with Crippen LogP contribution in [0.15, 0.2) is 22.7 Å². The number of anilines is 2. The molecule has 0 aliphatic carbocycles. The van der Waals surface area contributed by atoms with Gasteiger partial charge in [-0.2, -0.15) is 4.98 Å². The number of nitrogens with one attached hydrogen (secondary N) is 1. The Hall–Kier alpha value is -2.04. The second kappa shape index (κ2) is 4.91. The first-order valence-electron chi connectivity index (χ1n) is 6.77. The minimum Gasteiger partial charge on any atom is -0.384 e. The molecule has 0 fully saturated rings. The van der Waals surface area contributed by atoms with E-state index in [9.17, 15) is 0 Å². The fourth-order valence-electron chi connectivity index (χ4n) is 2.39. The predicted molar refractivity (Wildman–Crippen MR) is 75.5 cm³/mol. The van der Waals surface area contributed by atoms with Crippen LogP contribution in [0.25, 0.3) is 11.5 Å². The lowest BCUT2D eigenvalue weighted by atomic mass is 10.1. The highest BCUT2D eigenvalue weighted by Gasteiger charge is 2.16. The molecule has 0 saturated heterocycles. The van der Waals surface area contributed by atoms with E-state index in [1.807, 2.05) is 6.07 Å². The molecule has 0 saturated carbocycles. The molecular weight excluding hydrogens is 240 g/mol. The molecule has 0 amide bonds. The van der Waals surface area contributed by atoms with Gasteiger partial charge in [-0.05, 0) is 43.1 Å². The zero-order valence-corrected chi connectivity index (χ0v) is 11.3. The standard InChI is InChI=1S/C14H18N4O/c1-3-18(4-2)14-16-13(19-17-14)11-6-5-10-7-8-15-12(10)9-11/h5-6,9,15H,3-4,7-8H2,1-2H3. The van der Waals surface area contributed by atoms with Crippen LogP contribution in [0, 0.1) is 0 Å². The number of fused-ring (bicyclic) bond motifs is 1. The van der Waals surface area contributed by atoms with Crippen LogP contribution in [0.3, 0.4) is 0 Å². The van der Waals surface area contributed by atoms with E-state index < -0.39 is 0 Å². The van der Waals surface area contributed by atoms with Gasteiger partial charge in [0, 0.05) is 30.9 Å². The third kappa shape index (κ3) is 2.16. The number of hydrogen-bond acceptors (Lipinski definition) is 5. The third-order valence-electron chi connectivity index (χ3n) is 3.53. The van der Waals surface area contributed by atoms with Crippen LogP contribution in [0.1, 0.15) is 19.4 Å². The van der Waals surface area contributed by atoms with Crippen LogP contribution in [0.2, 0.25) is 0 Å². The molecule has 2 heterocycles. The lowest BCUT2D eigenvalue weighted by Crippen LogP contribution is -2.22. The van der Waals surface area contributed by atoms with Gasteiger partial charge in [-0.1, -0.05) is 6.07 Å². The Kier molecular flexibility index (Phi) is 3.11. The van der Waals surface area contributed by atoms with E-state index in [1.54, 1.807) is 0 Å². The van der Waals surface area contributed by atoms with E-state index in [2.05, 4.69) is 46.3 Å². The summed E-state index contributed by atoms with van der Waals surface area (Å²) in [6, 6.07) is 6.26. The minimum absolute atomic E-state index is 0.582. The van der Waals surface area contributed by atoms with Crippen molar-refractivity contribution in [3.8, 4) is 11.5 Å². The first-order valence-corrected chi connectivity index (χ1v) is 6.77. The molecule has 3 rings (SSSR count). The lowest BCUT2D eigenvalue weighted by molar-refractivity contribution is 0.429. The molecule has 1 N–H and O–H groups in total. The Bertz CT molecular complexity index is 575. The fourth-order valence-corrected chi connectivity index (χ4v) is 2.39. The summed E-state index contributed by atoms with van der Waals surface area (Å²) in [7, 11) is 0. The quantitative estimate of drug-likeness (QED) is 0.913. The maximum Gasteiger partial charge on any atom is 0.266 e. The molecule has 100 valence electrons. The molecule has 0 atom stereocenters. The number of rotatable bonds is 4. The lowest BCUT2D eigenvalue weighted by Gasteiger charge is -2.14. The highest BCUT2D eigenvalue weighted by molar-refractivity contribution is 5.67. The first kappa shape index (κ1) is 12.0. The maximum absolute atomic E-state index is 5.36. The molecular formula is C14H18N4O. The SMILES string of the molecule is CCN(CC)c1noc(-c2ccc3c(c2)NCC3)n1. The van der Waals surface area contributed by atoms with Gasteiger partial charge < -0.3 is 14.7 Å². The molecule has 5 heteroatoms. The summed E-state index contributed by atoms with van der Waals surface area (Å²) < 4.78 is 5.36. The molecule has 0 unspecified atom stereocenters. The number of aromatic nitrogens is 2. The summed E-state index contributed by atoms with van der Waals surface area (Å²) in [6.45, 7) is 6.92. The monoisotopic (exact) mass is 258 g/mol. The molecule has 2 aromatic rings. The van der Waals surface area contributed by atoms with Crippen molar-refractivity contribution in [2.75, 3.05) is 29.9 Å². The Morgan fingerprint density at radius 1 is 1.32 bits per heavy atom. The number of hydrogen-bond donors (Lipinski definition) is 1. The van der Waals surface area contributed by atoms with Crippen molar-refractivity contribution in [3.05, 3.63) is 23.8 Å². The molecule has 5 nitrogen and oxygen atoms in total. The average Bonchev–Trinajstić information content (AvgIpc) is 3.08. The second-order valence-corrected chi connectivity index (χ2v) is 4.62. The maximum atomic E-state index is 5.36. The van der Waals surface area contributed by atoms with Gasteiger partial charge in [0.05, 0.1) is 0 Å². The van der Waals surface area contributed by atoms with Gasteiger partial charge in [0.1, 0.15) is 0 Å². The Labute approximate surface area is 112 Å². The molecule has 1 aromatic heterocycles. The topological polar surface area (TPSA) is 54.2 Å². The average molecular weight is 258 g/mol. The highest BCUT2D eigenvalue weighted by Crippen LogP contribution is 2.28. The van der Waals surface area contributed by atoms with Crippen LogP contribution in [0.4, 0.5) is 11.6 Å². The van der Waals surface area contributed by atoms with Gasteiger partial charge in [-0.25, -0.2) is 0 Å². The van der Waals surface area contributed by atoms with Crippen molar-refractivity contribution in [1.29, 1.82) is 0 Å². The van der Waals surface area contributed by atoms with Crippen LogP contribution < -0.4 is 10.2 Å². The van der Waals surface area contributed by atoms with Gasteiger partial charge in [-0.15, -0.1) is 0 Å². The van der Waals surface area contributed by atoms with E-state index in [0.29, 0.717) is 11.8 Å². The molecule has 0 radical (unpaired) electrons. The summed E-state index contributed by atoms with van der Waals surface area (Å²) >= 11 is 0. The van der Waals surface area contributed by atoms with Crippen LogP contribution >= 0.6 is 0 Å². The summed E-state index contributed by atoms with van der Waals surface area (Å²) in [4.78, 5) is 6.54. The first-order chi connectivity index (χ1) is 9.31. The Morgan fingerprint density at radius 2 is 2.16 bits per heavy atom. The van der Waals surface area contributed by atoms with E-state index in [0.717, 1.165) is 31.6 Å². The Morgan fingerprint density at radius 3 is 2.95 bits per heavy atom. The minimum atomic E-state index is 0.582. The van der Waals surface area contributed by atoms with E-state index >= 15 is 0 Å². The summed E-state index contributed by atoms with van der Waals surface area (Å²) in [6.07, 6.45) is 1.09. The van der Waals surface area contributed by atoms with Gasteiger partial charge in [-0.3, -0.25) is 0 Å². The van der Waals surface area contributed by atoms with Crippen molar-refractivity contribution in [3.63, 3.8) is 0 Å². The fraction of sp³-hybridized carbons (Fsp3) is 0.429. The van der Waals surface area contributed by atoms with Gasteiger partial charge in [0.25, 0.3) is 11.8 Å². The molecule has 1 aliphatic heterocycles. The van der Waals surface area contributed by atoms with E-state index in [-0.39, 0.29) is 0 Å². The van der Waals surface area contributed by atoms with Gasteiger partial charge in [0.2, 0.25) is 0 Å². The van der Waals surface area contributed by atoms with Crippen molar-refractivity contribution in [1.82, 2.24) is 10.1 Å². The predicted octanol–water partition coefficient (Wildman–Crippen LogP) is 2.55. The molecule has 0 bridgehead atoms. The van der Waals surface area contributed by atoms with Crippen molar-refractivity contribution in [2.24, 2.45) is 0 Å². The van der Waals surface area contributed by atoms with Gasteiger partial charge >= 0.3 is 0 Å². The smallest absolute Gasteiger partial charge is 0.266 e. The second-order valence-electron chi connectivity index (χ2n) is 4.62. The Balaban J connectivity index is 1.90. The van der Waals surface area contributed by atoms with Crippen molar-refractivity contribution < 1.29 is 4.52 Å². The molecule has 1 aliphatic rings. The van der Waals surface area contributed by atoms with E-state index in [1.165, 1.54) is 11.3 Å². The van der Waals surface area contributed by atoms with Crippen LogP contribution in [-0.2, 0) is 6.42 Å². The number of benzene rings is 1. The molecule has 1 aromatic carbocycles. The zero-order chi connectivity index (χ0) is 13.2. The van der Waals surface area contributed by atoms with E-state index in [4.69, 9.17) is 4.52 Å². The summed E-state index contributed by atoms with van der Waals surface area (Å²) in [5, 5.41) is 7.41. The molecule has 19 heavy (non-hydrogen) atoms. The molecule has 0 spiro atoms. The van der Waals surface area contributed by atoms with Crippen molar-refractivity contribution >= 4 is 11.6 Å². The normalized spacial score (nSPS) is 13.2. The van der Waals surface area contributed by atoms with Crippen molar-refractivity contribution in [2.45, 2.75) is 20.3 Å². The zero-order valence-electron chi connectivity index (χ0n) is 11.3. The largest absolute Gasteiger partial charge is 0.384 e. The summed E-state index contributed by atoms with van der Waals surface area (Å²) in [5.41, 5.74) is 3.51. The summed E-state index contributed by atoms with van der Waals surface area (Å²) in [5.74, 6) is 1.24. The third-order valence-corrected chi connectivity index (χ3v) is 3.53. The number of nitrogens with zero attached hydrogens (tertiary/aromatic N) is 3. The van der Waals surface area contributed by atoms with Crippen LogP contribution in [-0.4, -0.2) is 29.8 Å². The highest BCUT2D eigenvalue weighted by atomic mass is 16.5.